The molecule has 1 aliphatic heterocycles. The number of sulfonamides is 1. The van der Waals surface area contributed by atoms with Crippen LogP contribution in [0.15, 0.2) is 29.2 Å². The zero-order valence-electron chi connectivity index (χ0n) is 12.8. The number of likely N-dealkylation sites (tertiary alicyclic amines) is 1. The molecule has 1 aliphatic rings. The largest absolute Gasteiger partial charge is 0.326 e. The highest BCUT2D eigenvalue weighted by Gasteiger charge is 2.16. The highest BCUT2D eigenvalue weighted by Crippen LogP contribution is 2.17. The Morgan fingerprint density at radius 1 is 1.36 bits per heavy atom. The van der Waals surface area contributed by atoms with Crippen LogP contribution in [0.2, 0.25) is 0 Å². The molecule has 3 N–H and O–H groups in total. The Labute approximate surface area is 131 Å². The molecule has 0 spiro atoms. The number of nitrogens with two attached hydrogens (primary N) is 1. The van der Waals surface area contributed by atoms with Crippen LogP contribution in [-0.4, -0.2) is 38.9 Å². The molecule has 0 radical (unpaired) electrons. The highest BCUT2D eigenvalue weighted by molar-refractivity contribution is 7.89. The first kappa shape index (κ1) is 16.9. The maximum absolute atomic E-state index is 12.0. The van der Waals surface area contributed by atoms with Crippen LogP contribution >= 0.6 is 0 Å². The standard InChI is InChI=1S/C15H23N3O3S/c1-12-5-8-18(9-6-12)10-7-15(19)17-13-3-2-4-14(11-13)22(16,20)21/h2-4,11-12H,5-10H2,1H3,(H,17,19)(H2,16,20,21). The summed E-state index contributed by atoms with van der Waals surface area (Å²) in [6.45, 7) is 5.06. The summed E-state index contributed by atoms with van der Waals surface area (Å²) < 4.78 is 22.6. The number of rotatable bonds is 5. The van der Waals surface area contributed by atoms with Gasteiger partial charge in [-0.3, -0.25) is 4.79 Å². The molecule has 122 valence electrons. The number of anilines is 1. The Kier molecular flexibility index (Phi) is 5.55. The Morgan fingerprint density at radius 2 is 2.05 bits per heavy atom. The van der Waals surface area contributed by atoms with Gasteiger partial charge >= 0.3 is 0 Å². The average molecular weight is 325 g/mol. The van der Waals surface area contributed by atoms with Gasteiger partial charge in [0.25, 0.3) is 0 Å². The lowest BCUT2D eigenvalue weighted by atomic mass is 9.99. The van der Waals surface area contributed by atoms with E-state index in [1.165, 1.54) is 25.0 Å². The number of piperidine rings is 1. The summed E-state index contributed by atoms with van der Waals surface area (Å²) in [7, 11) is -3.76. The summed E-state index contributed by atoms with van der Waals surface area (Å²) in [5.41, 5.74) is 0.448. The third-order valence-electron chi connectivity index (χ3n) is 3.98. The lowest BCUT2D eigenvalue weighted by Crippen LogP contribution is -2.35. The van der Waals surface area contributed by atoms with Crippen molar-refractivity contribution in [1.29, 1.82) is 0 Å². The van der Waals surface area contributed by atoms with Gasteiger partial charge in [0.1, 0.15) is 0 Å². The van der Waals surface area contributed by atoms with E-state index < -0.39 is 10.0 Å². The highest BCUT2D eigenvalue weighted by atomic mass is 32.2. The predicted molar refractivity (Wildman–Crippen MR) is 85.9 cm³/mol. The van der Waals surface area contributed by atoms with Crippen LogP contribution in [0.5, 0.6) is 0 Å². The van der Waals surface area contributed by atoms with Gasteiger partial charge < -0.3 is 10.2 Å². The van der Waals surface area contributed by atoms with Gasteiger partial charge in [0.05, 0.1) is 4.90 Å². The monoisotopic (exact) mass is 325 g/mol. The number of nitrogens with zero attached hydrogens (tertiary/aromatic N) is 1. The summed E-state index contributed by atoms with van der Waals surface area (Å²) in [4.78, 5) is 14.2. The van der Waals surface area contributed by atoms with Crippen LogP contribution in [0.1, 0.15) is 26.2 Å². The molecule has 7 heteroatoms. The van der Waals surface area contributed by atoms with Crippen molar-refractivity contribution < 1.29 is 13.2 Å². The molecule has 6 nitrogen and oxygen atoms in total. The van der Waals surface area contributed by atoms with E-state index >= 15 is 0 Å². The molecule has 22 heavy (non-hydrogen) atoms. The second kappa shape index (κ2) is 7.21. The van der Waals surface area contributed by atoms with Crippen molar-refractivity contribution in [2.75, 3.05) is 25.0 Å². The van der Waals surface area contributed by atoms with Crippen LogP contribution in [0.25, 0.3) is 0 Å². The summed E-state index contributed by atoms with van der Waals surface area (Å²) >= 11 is 0. The lowest BCUT2D eigenvalue weighted by Gasteiger charge is -2.29. The van der Waals surface area contributed by atoms with Crippen molar-refractivity contribution in [2.45, 2.75) is 31.1 Å². The molecule has 2 rings (SSSR count). The first-order chi connectivity index (χ1) is 10.3. The van der Waals surface area contributed by atoms with E-state index in [0.717, 1.165) is 25.6 Å². The number of nitrogens with one attached hydrogen (secondary N) is 1. The fraction of sp³-hybridized carbons (Fsp3) is 0.533. The van der Waals surface area contributed by atoms with Gasteiger partial charge in [-0.1, -0.05) is 13.0 Å². The first-order valence-electron chi connectivity index (χ1n) is 7.49. The number of primary sulfonamides is 1. The summed E-state index contributed by atoms with van der Waals surface area (Å²) in [6.07, 6.45) is 2.75. The van der Waals surface area contributed by atoms with Crippen LogP contribution in [0.4, 0.5) is 5.69 Å². The lowest BCUT2D eigenvalue weighted by molar-refractivity contribution is -0.116. The third-order valence-corrected chi connectivity index (χ3v) is 4.89. The summed E-state index contributed by atoms with van der Waals surface area (Å²) in [6, 6.07) is 5.98. The minimum absolute atomic E-state index is 0.00434. The predicted octanol–water partition coefficient (Wildman–Crippen LogP) is 1.39. The maximum Gasteiger partial charge on any atom is 0.238 e. The van der Waals surface area contributed by atoms with E-state index in [4.69, 9.17) is 5.14 Å². The van der Waals surface area contributed by atoms with E-state index in [2.05, 4.69) is 17.1 Å². The number of carbonyl (C=O) groups is 1. The van der Waals surface area contributed by atoms with Gasteiger partial charge in [-0.25, -0.2) is 13.6 Å². The SMILES string of the molecule is CC1CCN(CCC(=O)Nc2cccc(S(N)(=O)=O)c2)CC1. The minimum atomic E-state index is -3.76. The van der Waals surface area contributed by atoms with E-state index in [0.29, 0.717) is 12.1 Å². The normalized spacial score (nSPS) is 17.4. The quantitative estimate of drug-likeness (QED) is 0.856. The third kappa shape index (κ3) is 5.08. The molecule has 1 amide bonds. The number of hydrogen-bond acceptors (Lipinski definition) is 4. The van der Waals surface area contributed by atoms with Gasteiger partial charge in [0, 0.05) is 18.7 Å². The molecule has 1 aromatic rings. The van der Waals surface area contributed by atoms with Crippen molar-refractivity contribution in [3.8, 4) is 0 Å². The van der Waals surface area contributed by atoms with Crippen LogP contribution in [-0.2, 0) is 14.8 Å². The number of benzene rings is 1. The molecule has 1 saturated heterocycles. The summed E-state index contributed by atoms with van der Waals surface area (Å²) in [5, 5.41) is 7.79. The molecule has 1 aromatic carbocycles. The number of amides is 1. The van der Waals surface area contributed by atoms with Crippen LogP contribution in [0, 0.1) is 5.92 Å². The van der Waals surface area contributed by atoms with Crippen molar-refractivity contribution >= 4 is 21.6 Å². The van der Waals surface area contributed by atoms with E-state index in [1.807, 2.05) is 0 Å². The van der Waals surface area contributed by atoms with E-state index in [-0.39, 0.29) is 10.8 Å². The van der Waals surface area contributed by atoms with Crippen molar-refractivity contribution in [3.63, 3.8) is 0 Å². The van der Waals surface area contributed by atoms with Gasteiger partial charge in [-0.15, -0.1) is 0 Å². The van der Waals surface area contributed by atoms with Crippen LogP contribution in [0.3, 0.4) is 0 Å². The van der Waals surface area contributed by atoms with Crippen LogP contribution < -0.4 is 10.5 Å². The smallest absolute Gasteiger partial charge is 0.238 e. The van der Waals surface area contributed by atoms with Gasteiger partial charge in [-0.2, -0.15) is 0 Å². The fourth-order valence-corrected chi connectivity index (χ4v) is 3.08. The molecule has 0 unspecified atom stereocenters. The Balaban J connectivity index is 1.84. The molecule has 0 saturated carbocycles. The summed E-state index contributed by atoms with van der Waals surface area (Å²) in [5.74, 6) is 0.649. The zero-order chi connectivity index (χ0) is 16.2. The van der Waals surface area contributed by atoms with Gasteiger partial charge in [-0.05, 0) is 50.0 Å². The topological polar surface area (TPSA) is 92.5 Å². The zero-order valence-corrected chi connectivity index (χ0v) is 13.6. The number of hydrogen-bond donors (Lipinski definition) is 2. The number of carbonyl (C=O) groups excluding carboxylic acids is 1. The van der Waals surface area contributed by atoms with Crippen molar-refractivity contribution in [2.24, 2.45) is 11.1 Å². The molecular weight excluding hydrogens is 302 g/mol. The molecule has 1 fully saturated rings. The van der Waals surface area contributed by atoms with E-state index in [1.54, 1.807) is 12.1 Å². The fourth-order valence-electron chi connectivity index (χ4n) is 2.52. The molecule has 1 heterocycles. The Morgan fingerprint density at radius 3 is 2.68 bits per heavy atom. The molecule has 0 aromatic heterocycles. The van der Waals surface area contributed by atoms with Crippen molar-refractivity contribution in [3.05, 3.63) is 24.3 Å². The average Bonchev–Trinajstić information content (AvgIpc) is 2.46. The Hall–Kier alpha value is -1.44. The maximum atomic E-state index is 12.0. The van der Waals surface area contributed by atoms with E-state index in [9.17, 15) is 13.2 Å². The molecule has 0 aliphatic carbocycles. The molecule has 0 atom stereocenters. The first-order valence-corrected chi connectivity index (χ1v) is 9.04. The second-order valence-corrected chi connectivity index (χ2v) is 7.46. The molecular formula is C15H23N3O3S. The second-order valence-electron chi connectivity index (χ2n) is 5.90. The minimum Gasteiger partial charge on any atom is -0.326 e. The van der Waals surface area contributed by atoms with Crippen molar-refractivity contribution in [1.82, 2.24) is 4.90 Å². The van der Waals surface area contributed by atoms with Gasteiger partial charge in [0.2, 0.25) is 15.9 Å². The molecule has 0 bridgehead atoms. The van der Waals surface area contributed by atoms with Gasteiger partial charge in [0.15, 0.2) is 0 Å². The Bertz CT molecular complexity index is 623.